The molecule has 0 saturated carbocycles. The van der Waals surface area contributed by atoms with Crippen molar-refractivity contribution in [3.8, 4) is 0 Å². The number of aromatic amines is 1. The predicted octanol–water partition coefficient (Wildman–Crippen LogP) is 2.11. The molecular weight excluding hydrogens is 318 g/mol. The van der Waals surface area contributed by atoms with Gasteiger partial charge >= 0.3 is 5.97 Å². The second-order valence-corrected chi connectivity index (χ2v) is 6.19. The number of carbonyl (C=O) groups is 1. The second kappa shape index (κ2) is 6.88. The van der Waals surface area contributed by atoms with Crippen LogP contribution in [0.3, 0.4) is 0 Å². The van der Waals surface area contributed by atoms with Crippen LogP contribution in [0.2, 0.25) is 0 Å². The minimum Gasteiger partial charge on any atom is -0.462 e. The monoisotopic (exact) mass is 337 g/mol. The lowest BCUT2D eigenvalue weighted by Crippen LogP contribution is -2.38. The Labute approximate surface area is 145 Å². The molecule has 7 nitrogen and oxygen atoms in total. The van der Waals surface area contributed by atoms with E-state index in [9.17, 15) is 4.79 Å². The Morgan fingerprint density at radius 2 is 2.08 bits per heavy atom. The van der Waals surface area contributed by atoms with E-state index in [1.165, 1.54) is 0 Å². The van der Waals surface area contributed by atoms with E-state index in [1.54, 1.807) is 18.5 Å². The molecule has 0 spiro atoms. The van der Waals surface area contributed by atoms with E-state index in [0.717, 1.165) is 48.2 Å². The van der Waals surface area contributed by atoms with Crippen molar-refractivity contribution in [2.24, 2.45) is 0 Å². The number of ether oxygens (including phenoxy) is 1. The lowest BCUT2D eigenvalue weighted by molar-refractivity contribution is -0.149. The number of nitrogens with zero attached hydrogens (tertiary/aromatic N) is 4. The van der Waals surface area contributed by atoms with Crippen LogP contribution in [-0.2, 0) is 16.0 Å². The van der Waals surface area contributed by atoms with Gasteiger partial charge in [-0.05, 0) is 6.07 Å². The maximum absolute atomic E-state index is 12.0. The topological polar surface area (TPSA) is 84.0 Å². The number of hydrogen-bond acceptors (Lipinski definition) is 6. The molecule has 3 aromatic rings. The Hall–Kier alpha value is -2.96. The molecule has 1 fully saturated rings. The van der Waals surface area contributed by atoms with Crippen LogP contribution < -0.4 is 4.90 Å². The minimum absolute atomic E-state index is 0.0467. The summed E-state index contributed by atoms with van der Waals surface area (Å²) >= 11 is 0. The van der Waals surface area contributed by atoms with Crippen LogP contribution in [0, 0.1) is 0 Å². The Kier molecular flexibility index (Phi) is 4.28. The van der Waals surface area contributed by atoms with Crippen molar-refractivity contribution in [3.05, 3.63) is 48.4 Å². The molecule has 0 radical (unpaired) electrons. The van der Waals surface area contributed by atoms with E-state index in [4.69, 9.17) is 4.74 Å². The van der Waals surface area contributed by atoms with Gasteiger partial charge in [-0.3, -0.25) is 9.89 Å². The van der Waals surface area contributed by atoms with Crippen LogP contribution in [0.4, 0.5) is 5.82 Å². The van der Waals surface area contributed by atoms with Crippen LogP contribution in [0.1, 0.15) is 18.5 Å². The summed E-state index contributed by atoms with van der Waals surface area (Å²) in [4.78, 5) is 14.2. The lowest BCUT2D eigenvalue weighted by Gasteiger charge is -2.32. The summed E-state index contributed by atoms with van der Waals surface area (Å²) in [5.74, 6) is 0.688. The molecule has 25 heavy (non-hydrogen) atoms. The molecule has 0 atom stereocenters. The van der Waals surface area contributed by atoms with Crippen LogP contribution >= 0.6 is 0 Å². The highest BCUT2D eigenvalue weighted by Crippen LogP contribution is 2.26. The van der Waals surface area contributed by atoms with Gasteiger partial charge in [0.1, 0.15) is 6.10 Å². The number of H-pyrrole nitrogens is 1. The van der Waals surface area contributed by atoms with Crippen LogP contribution in [0.25, 0.3) is 10.8 Å². The van der Waals surface area contributed by atoms with Crippen molar-refractivity contribution in [3.63, 3.8) is 0 Å². The van der Waals surface area contributed by atoms with E-state index in [-0.39, 0.29) is 18.5 Å². The third kappa shape index (κ3) is 3.45. The first-order chi connectivity index (χ1) is 12.3. The first-order valence-corrected chi connectivity index (χ1v) is 8.43. The molecule has 0 unspecified atom stereocenters. The molecule has 1 N–H and O–H groups in total. The van der Waals surface area contributed by atoms with E-state index in [2.05, 4.69) is 31.4 Å². The molecule has 4 rings (SSSR count). The maximum atomic E-state index is 12.0. The molecule has 1 aliphatic rings. The van der Waals surface area contributed by atoms with E-state index in [0.29, 0.717) is 0 Å². The summed E-state index contributed by atoms with van der Waals surface area (Å²) in [6.45, 7) is 1.59. The average molecular weight is 337 g/mol. The molecule has 1 aliphatic heterocycles. The number of fused-ring (bicyclic) bond motifs is 1. The zero-order chi connectivity index (χ0) is 17.1. The summed E-state index contributed by atoms with van der Waals surface area (Å²) in [6, 6.07) is 9.90. The quantitative estimate of drug-likeness (QED) is 0.734. The van der Waals surface area contributed by atoms with E-state index in [1.807, 2.05) is 18.2 Å². The van der Waals surface area contributed by atoms with Crippen LogP contribution in [-0.4, -0.2) is 45.6 Å². The van der Waals surface area contributed by atoms with Crippen LogP contribution in [0.15, 0.2) is 42.7 Å². The van der Waals surface area contributed by atoms with Crippen LogP contribution in [0.5, 0.6) is 0 Å². The summed E-state index contributed by atoms with van der Waals surface area (Å²) in [5, 5.41) is 17.2. The standard InChI is InChI=1S/C18H19N5O2/c24-17(11-14-5-8-19-21-14)25-15-6-9-23(10-7-15)18-16-4-2-1-3-13(16)12-20-22-18/h1-5,8,12,15H,6-7,9-11H2,(H,19,21). The number of anilines is 1. The Bertz CT molecular complexity index is 852. The van der Waals surface area contributed by atoms with Gasteiger partial charge in [0.05, 0.1) is 12.6 Å². The van der Waals surface area contributed by atoms with Crippen molar-refractivity contribution in [1.29, 1.82) is 0 Å². The molecule has 7 heteroatoms. The van der Waals surface area contributed by atoms with E-state index < -0.39 is 0 Å². The van der Waals surface area contributed by atoms with Crippen molar-refractivity contribution in [2.75, 3.05) is 18.0 Å². The molecule has 0 amide bonds. The van der Waals surface area contributed by atoms with Gasteiger partial charge in [0.25, 0.3) is 0 Å². The normalized spacial score (nSPS) is 15.4. The van der Waals surface area contributed by atoms with Gasteiger partial charge < -0.3 is 9.64 Å². The molecule has 2 aromatic heterocycles. The van der Waals surface area contributed by atoms with Gasteiger partial charge in [-0.2, -0.15) is 10.2 Å². The van der Waals surface area contributed by atoms with Gasteiger partial charge in [-0.25, -0.2) is 0 Å². The number of esters is 1. The Morgan fingerprint density at radius 1 is 1.24 bits per heavy atom. The predicted molar refractivity (Wildman–Crippen MR) is 93.2 cm³/mol. The summed E-state index contributed by atoms with van der Waals surface area (Å²) in [6.07, 6.45) is 5.18. The van der Waals surface area contributed by atoms with Gasteiger partial charge in [-0.1, -0.05) is 24.3 Å². The summed E-state index contributed by atoms with van der Waals surface area (Å²) < 4.78 is 5.59. The molecule has 128 valence electrons. The van der Waals surface area contributed by atoms with Gasteiger partial charge in [0.2, 0.25) is 0 Å². The number of rotatable bonds is 4. The fourth-order valence-electron chi connectivity index (χ4n) is 3.20. The molecule has 0 bridgehead atoms. The van der Waals surface area contributed by atoms with Crippen molar-refractivity contribution < 1.29 is 9.53 Å². The number of nitrogens with one attached hydrogen (secondary N) is 1. The zero-order valence-corrected chi connectivity index (χ0v) is 13.8. The number of benzene rings is 1. The Morgan fingerprint density at radius 3 is 2.88 bits per heavy atom. The smallest absolute Gasteiger partial charge is 0.312 e. The lowest BCUT2D eigenvalue weighted by atomic mass is 10.1. The molecule has 1 saturated heterocycles. The third-order valence-electron chi connectivity index (χ3n) is 4.48. The number of carbonyl (C=O) groups excluding carboxylic acids is 1. The first-order valence-electron chi connectivity index (χ1n) is 8.43. The zero-order valence-electron chi connectivity index (χ0n) is 13.8. The SMILES string of the molecule is O=C(Cc1ccn[nH]1)OC1CCN(c2nncc3ccccc23)CC1. The summed E-state index contributed by atoms with van der Waals surface area (Å²) in [7, 11) is 0. The van der Waals surface area contributed by atoms with Gasteiger partial charge in [0, 0.05) is 48.6 Å². The van der Waals surface area contributed by atoms with Gasteiger partial charge in [-0.15, -0.1) is 5.10 Å². The maximum Gasteiger partial charge on any atom is 0.312 e. The number of hydrogen-bond donors (Lipinski definition) is 1. The molecule has 1 aromatic carbocycles. The fourth-order valence-corrected chi connectivity index (χ4v) is 3.20. The summed E-state index contributed by atoms with van der Waals surface area (Å²) in [5.41, 5.74) is 0.772. The highest BCUT2D eigenvalue weighted by atomic mass is 16.5. The van der Waals surface area contributed by atoms with Crippen molar-refractivity contribution in [2.45, 2.75) is 25.4 Å². The van der Waals surface area contributed by atoms with E-state index >= 15 is 0 Å². The van der Waals surface area contributed by atoms with Crippen molar-refractivity contribution >= 4 is 22.6 Å². The third-order valence-corrected chi connectivity index (χ3v) is 4.48. The first kappa shape index (κ1) is 15.6. The van der Waals surface area contributed by atoms with Crippen molar-refractivity contribution in [1.82, 2.24) is 20.4 Å². The minimum atomic E-state index is -0.215. The fraction of sp³-hybridized carbons (Fsp3) is 0.333. The molecule has 0 aliphatic carbocycles. The second-order valence-electron chi connectivity index (χ2n) is 6.19. The molecular formula is C18H19N5O2. The average Bonchev–Trinajstić information content (AvgIpc) is 3.15. The van der Waals surface area contributed by atoms with Gasteiger partial charge in [0.15, 0.2) is 5.82 Å². The number of aromatic nitrogens is 4. The largest absolute Gasteiger partial charge is 0.462 e. The molecule has 3 heterocycles. The number of piperidine rings is 1. The Balaban J connectivity index is 1.37. The highest BCUT2D eigenvalue weighted by Gasteiger charge is 2.24. The highest BCUT2D eigenvalue weighted by molar-refractivity contribution is 5.91.